The van der Waals surface area contributed by atoms with Crippen molar-refractivity contribution in [3.05, 3.63) is 31.3 Å². The molecule has 0 atom stereocenters. The Bertz CT molecular complexity index is 351. The van der Waals surface area contributed by atoms with Gasteiger partial charge in [0.2, 0.25) is 0 Å². The maximum absolute atomic E-state index is 12.4. The molecule has 0 aliphatic rings. The van der Waals surface area contributed by atoms with Crippen LogP contribution in [0, 0.1) is 3.57 Å². The SMILES string of the molecule is FC(F)c1cc(Br)c(C(F)(F)F)c(I)c1. The summed E-state index contributed by atoms with van der Waals surface area (Å²) in [6, 6.07) is 1.62. The topological polar surface area (TPSA) is 0 Å². The van der Waals surface area contributed by atoms with Crippen LogP contribution in [0.1, 0.15) is 17.6 Å². The predicted molar refractivity (Wildman–Crippen MR) is 56.8 cm³/mol. The van der Waals surface area contributed by atoms with Gasteiger partial charge in [0.05, 0.1) is 5.56 Å². The lowest BCUT2D eigenvalue weighted by Crippen LogP contribution is -2.09. The van der Waals surface area contributed by atoms with E-state index in [4.69, 9.17) is 0 Å². The van der Waals surface area contributed by atoms with E-state index in [1.807, 2.05) is 0 Å². The standard InChI is InChI=1S/C8H3BrF5I/c9-4-1-3(7(10)11)2-5(15)6(4)8(12,13)14/h1-2,7H. The summed E-state index contributed by atoms with van der Waals surface area (Å²) in [6.45, 7) is 0. The van der Waals surface area contributed by atoms with Gasteiger partial charge in [-0.3, -0.25) is 0 Å². The molecule has 0 radical (unpaired) electrons. The molecule has 0 saturated heterocycles. The zero-order valence-electron chi connectivity index (χ0n) is 6.88. The van der Waals surface area contributed by atoms with E-state index in [0.717, 1.165) is 12.1 Å². The van der Waals surface area contributed by atoms with Gasteiger partial charge >= 0.3 is 6.18 Å². The van der Waals surface area contributed by atoms with Crippen LogP contribution in [-0.4, -0.2) is 0 Å². The normalized spacial score (nSPS) is 12.3. The van der Waals surface area contributed by atoms with E-state index in [2.05, 4.69) is 15.9 Å². The molecule has 0 bridgehead atoms. The zero-order valence-corrected chi connectivity index (χ0v) is 10.6. The molecule has 0 aromatic heterocycles. The average Bonchev–Trinajstić information content (AvgIpc) is 1.99. The summed E-state index contributed by atoms with van der Waals surface area (Å²) in [5.41, 5.74) is -1.35. The van der Waals surface area contributed by atoms with Crippen LogP contribution >= 0.6 is 38.5 Å². The quantitative estimate of drug-likeness (QED) is 0.459. The molecule has 0 unspecified atom stereocenters. The maximum Gasteiger partial charge on any atom is 0.418 e. The minimum absolute atomic E-state index is 0.246. The molecule has 0 fully saturated rings. The van der Waals surface area contributed by atoms with Crippen molar-refractivity contribution >= 4 is 38.5 Å². The molecule has 0 saturated carbocycles. The van der Waals surface area contributed by atoms with Gasteiger partial charge < -0.3 is 0 Å². The third kappa shape index (κ3) is 3.02. The van der Waals surface area contributed by atoms with E-state index in [9.17, 15) is 22.0 Å². The van der Waals surface area contributed by atoms with Crippen molar-refractivity contribution in [3.8, 4) is 0 Å². The van der Waals surface area contributed by atoms with Crippen molar-refractivity contribution in [2.75, 3.05) is 0 Å². The van der Waals surface area contributed by atoms with Crippen molar-refractivity contribution in [1.29, 1.82) is 0 Å². The number of halogens is 7. The van der Waals surface area contributed by atoms with Gasteiger partial charge in [-0.1, -0.05) is 15.9 Å². The summed E-state index contributed by atoms with van der Waals surface area (Å²) < 4.78 is 61.2. The fourth-order valence-electron chi connectivity index (χ4n) is 0.990. The molecule has 1 aromatic rings. The van der Waals surface area contributed by atoms with E-state index >= 15 is 0 Å². The van der Waals surface area contributed by atoms with Gasteiger partial charge in [0.1, 0.15) is 0 Å². The Labute approximate surface area is 104 Å². The summed E-state index contributed by atoms with van der Waals surface area (Å²) in [4.78, 5) is 0. The Kier molecular flexibility index (Phi) is 3.96. The number of alkyl halides is 5. The second-order valence-electron chi connectivity index (χ2n) is 2.66. The van der Waals surface area contributed by atoms with Gasteiger partial charge in [0.25, 0.3) is 6.43 Å². The summed E-state index contributed by atoms with van der Waals surface area (Å²) in [5, 5.41) is 0. The van der Waals surface area contributed by atoms with Crippen molar-refractivity contribution in [3.63, 3.8) is 0 Å². The smallest absolute Gasteiger partial charge is 0.205 e. The van der Waals surface area contributed by atoms with Crippen LogP contribution in [0.25, 0.3) is 0 Å². The molecule has 1 rings (SSSR count). The first-order valence-electron chi connectivity index (χ1n) is 3.57. The summed E-state index contributed by atoms with van der Waals surface area (Å²) in [6.07, 6.45) is -7.33. The summed E-state index contributed by atoms with van der Waals surface area (Å²) >= 11 is 4.03. The van der Waals surface area contributed by atoms with Gasteiger partial charge in [0, 0.05) is 13.6 Å². The number of benzene rings is 1. The Hall–Kier alpha value is 0.0800. The van der Waals surface area contributed by atoms with Gasteiger partial charge in [0.15, 0.2) is 0 Å². The van der Waals surface area contributed by atoms with E-state index in [1.165, 1.54) is 22.6 Å². The van der Waals surface area contributed by atoms with Crippen LogP contribution in [0.4, 0.5) is 22.0 Å². The van der Waals surface area contributed by atoms with Gasteiger partial charge in [-0.15, -0.1) is 0 Å². The van der Waals surface area contributed by atoms with Crippen LogP contribution in [0.5, 0.6) is 0 Å². The van der Waals surface area contributed by atoms with Gasteiger partial charge in [-0.25, -0.2) is 8.78 Å². The first-order valence-corrected chi connectivity index (χ1v) is 5.45. The Morgan fingerprint density at radius 3 is 2.07 bits per heavy atom. The summed E-state index contributed by atoms with van der Waals surface area (Å²) in [7, 11) is 0. The van der Waals surface area contributed by atoms with Gasteiger partial charge in [-0.2, -0.15) is 13.2 Å². The van der Waals surface area contributed by atoms with E-state index in [-0.39, 0.29) is 8.04 Å². The fraction of sp³-hybridized carbons (Fsp3) is 0.250. The molecule has 7 heteroatoms. The maximum atomic E-state index is 12.4. The Morgan fingerprint density at radius 1 is 1.20 bits per heavy atom. The highest BCUT2D eigenvalue weighted by Gasteiger charge is 2.36. The molecule has 0 aliphatic carbocycles. The largest absolute Gasteiger partial charge is 0.418 e. The first kappa shape index (κ1) is 13.1. The molecule has 0 aliphatic heterocycles. The Balaban J connectivity index is 3.34. The predicted octanol–water partition coefficient (Wildman–Crippen LogP) is 5.01. The molecule has 0 heterocycles. The number of hydrogen-bond acceptors (Lipinski definition) is 0. The first-order chi connectivity index (χ1) is 6.73. The van der Waals surface area contributed by atoms with E-state index < -0.39 is 23.7 Å². The molecule has 1 aromatic carbocycles. The molecule has 84 valence electrons. The van der Waals surface area contributed by atoms with Crippen molar-refractivity contribution < 1.29 is 22.0 Å². The monoisotopic (exact) mass is 400 g/mol. The van der Waals surface area contributed by atoms with Crippen LogP contribution < -0.4 is 0 Å². The summed E-state index contributed by atoms with van der Waals surface area (Å²) in [5.74, 6) is 0. The lowest BCUT2D eigenvalue weighted by molar-refractivity contribution is -0.138. The fourth-order valence-corrected chi connectivity index (χ4v) is 3.02. The molecule has 0 amide bonds. The van der Waals surface area contributed by atoms with Crippen LogP contribution in [-0.2, 0) is 6.18 Å². The van der Waals surface area contributed by atoms with Crippen LogP contribution in [0.2, 0.25) is 0 Å². The highest BCUT2D eigenvalue weighted by atomic mass is 127. The van der Waals surface area contributed by atoms with Crippen molar-refractivity contribution in [2.24, 2.45) is 0 Å². The van der Waals surface area contributed by atoms with E-state index in [0.29, 0.717) is 0 Å². The second kappa shape index (κ2) is 4.52. The molecule has 0 spiro atoms. The highest BCUT2D eigenvalue weighted by molar-refractivity contribution is 14.1. The van der Waals surface area contributed by atoms with Crippen molar-refractivity contribution in [1.82, 2.24) is 0 Å². The highest BCUT2D eigenvalue weighted by Crippen LogP contribution is 2.39. The average molecular weight is 401 g/mol. The molecular weight excluding hydrogens is 398 g/mol. The second-order valence-corrected chi connectivity index (χ2v) is 4.67. The molecule has 0 N–H and O–H groups in total. The minimum atomic E-state index is -4.55. The molecular formula is C8H3BrF5I. The molecule has 15 heavy (non-hydrogen) atoms. The number of rotatable bonds is 1. The number of hydrogen-bond donors (Lipinski definition) is 0. The lowest BCUT2D eigenvalue weighted by Gasteiger charge is -2.12. The van der Waals surface area contributed by atoms with Crippen molar-refractivity contribution in [2.45, 2.75) is 12.6 Å². The zero-order chi connectivity index (χ0) is 11.8. The van der Waals surface area contributed by atoms with Gasteiger partial charge in [-0.05, 0) is 34.7 Å². The van der Waals surface area contributed by atoms with Crippen LogP contribution in [0.3, 0.4) is 0 Å². The third-order valence-electron chi connectivity index (χ3n) is 1.60. The third-order valence-corrected chi connectivity index (χ3v) is 3.08. The van der Waals surface area contributed by atoms with Crippen LogP contribution in [0.15, 0.2) is 16.6 Å². The molecule has 0 nitrogen and oxygen atoms in total. The van der Waals surface area contributed by atoms with E-state index in [1.54, 1.807) is 0 Å². The Morgan fingerprint density at radius 2 is 1.73 bits per heavy atom. The minimum Gasteiger partial charge on any atom is -0.205 e. The lowest BCUT2D eigenvalue weighted by atomic mass is 10.1.